The van der Waals surface area contributed by atoms with Crippen LogP contribution in [0, 0.1) is 17.2 Å². The zero-order valence-corrected chi connectivity index (χ0v) is 17.0. The number of hydrogen-bond donors (Lipinski definition) is 0. The third-order valence-corrected chi connectivity index (χ3v) is 6.78. The van der Waals surface area contributed by atoms with Crippen LogP contribution in [0.15, 0.2) is 42.6 Å². The highest BCUT2D eigenvalue weighted by Gasteiger charge is 2.39. The van der Waals surface area contributed by atoms with Gasteiger partial charge >= 0.3 is 0 Å². The Bertz CT molecular complexity index is 879. The van der Waals surface area contributed by atoms with Crippen LogP contribution in [0.5, 0.6) is 0 Å². The van der Waals surface area contributed by atoms with Crippen molar-refractivity contribution >= 4 is 17.1 Å². The molecular weight excluding hydrogens is 360 g/mol. The highest BCUT2D eigenvalue weighted by molar-refractivity contribution is 5.59. The van der Waals surface area contributed by atoms with Crippen LogP contribution < -0.4 is 14.7 Å². The second-order valence-corrected chi connectivity index (χ2v) is 8.53. The third-order valence-electron chi connectivity index (χ3n) is 6.78. The molecule has 3 aliphatic rings. The van der Waals surface area contributed by atoms with E-state index in [1.807, 2.05) is 12.3 Å². The minimum Gasteiger partial charge on any atom is -0.368 e. The molecule has 0 unspecified atom stereocenters. The summed E-state index contributed by atoms with van der Waals surface area (Å²) in [6.07, 6.45) is 3.13. The fourth-order valence-corrected chi connectivity index (χ4v) is 5.21. The highest BCUT2D eigenvalue weighted by atomic mass is 15.3. The summed E-state index contributed by atoms with van der Waals surface area (Å²) in [6.45, 7) is 7.57. The topological polar surface area (TPSA) is 49.6 Å². The first-order valence-electron chi connectivity index (χ1n) is 10.6. The zero-order chi connectivity index (χ0) is 19.8. The van der Waals surface area contributed by atoms with Crippen molar-refractivity contribution in [3.05, 3.63) is 48.3 Å². The van der Waals surface area contributed by atoms with Gasteiger partial charge in [-0.15, -0.1) is 0 Å². The van der Waals surface area contributed by atoms with Gasteiger partial charge in [-0.2, -0.15) is 5.26 Å². The van der Waals surface area contributed by atoms with Crippen molar-refractivity contribution in [3.8, 4) is 6.07 Å². The molecule has 6 nitrogen and oxygen atoms in total. The summed E-state index contributed by atoms with van der Waals surface area (Å²) < 4.78 is 0. The molecule has 0 aliphatic carbocycles. The van der Waals surface area contributed by atoms with Crippen LogP contribution in [0.3, 0.4) is 0 Å². The monoisotopic (exact) mass is 388 g/mol. The molecule has 2 aromatic rings. The Morgan fingerprint density at radius 3 is 2.17 bits per heavy atom. The van der Waals surface area contributed by atoms with E-state index in [0.717, 1.165) is 37.8 Å². The van der Waals surface area contributed by atoms with Crippen molar-refractivity contribution in [2.45, 2.75) is 12.5 Å². The van der Waals surface area contributed by atoms with Crippen LogP contribution in [0.2, 0.25) is 0 Å². The van der Waals surface area contributed by atoms with Gasteiger partial charge < -0.3 is 19.6 Å². The number of rotatable bonds is 3. The van der Waals surface area contributed by atoms with E-state index in [4.69, 9.17) is 5.26 Å². The lowest BCUT2D eigenvalue weighted by Gasteiger charge is -2.37. The summed E-state index contributed by atoms with van der Waals surface area (Å²) >= 11 is 0. The predicted molar refractivity (Wildman–Crippen MR) is 117 cm³/mol. The van der Waals surface area contributed by atoms with E-state index in [1.165, 1.54) is 37.4 Å². The molecule has 3 fully saturated rings. The second kappa shape index (κ2) is 7.57. The molecule has 3 aliphatic heterocycles. The number of piperazine rings is 1. The van der Waals surface area contributed by atoms with Gasteiger partial charge in [-0.3, -0.25) is 0 Å². The van der Waals surface area contributed by atoms with Crippen LogP contribution in [-0.4, -0.2) is 68.8 Å². The van der Waals surface area contributed by atoms with Gasteiger partial charge in [-0.1, -0.05) is 0 Å². The first kappa shape index (κ1) is 18.3. The molecule has 0 bridgehead atoms. The Morgan fingerprint density at radius 2 is 1.52 bits per heavy atom. The van der Waals surface area contributed by atoms with E-state index in [-0.39, 0.29) is 0 Å². The van der Waals surface area contributed by atoms with Crippen molar-refractivity contribution in [2.75, 3.05) is 67.6 Å². The molecule has 0 N–H and O–H groups in total. The number of pyridine rings is 1. The Kier molecular flexibility index (Phi) is 4.76. The summed E-state index contributed by atoms with van der Waals surface area (Å²) in [5.41, 5.74) is 4.26. The van der Waals surface area contributed by atoms with Crippen molar-refractivity contribution < 1.29 is 0 Å². The quantitative estimate of drug-likeness (QED) is 0.805. The number of anilines is 3. The number of nitrogens with zero attached hydrogens (tertiary/aromatic N) is 6. The maximum atomic E-state index is 8.91. The van der Waals surface area contributed by atoms with Crippen molar-refractivity contribution in [1.29, 1.82) is 5.26 Å². The van der Waals surface area contributed by atoms with Gasteiger partial charge in [0.1, 0.15) is 11.8 Å². The highest BCUT2D eigenvalue weighted by Crippen LogP contribution is 2.35. The van der Waals surface area contributed by atoms with E-state index in [9.17, 15) is 0 Å². The molecular formula is C23H28N6. The Hall–Kier alpha value is -2.78. The number of hydrogen-bond acceptors (Lipinski definition) is 6. The van der Waals surface area contributed by atoms with Gasteiger partial charge in [0, 0.05) is 63.2 Å². The maximum absolute atomic E-state index is 8.91. The number of likely N-dealkylation sites (N-methyl/N-ethyl adjacent to an activating group) is 1. The summed E-state index contributed by atoms with van der Waals surface area (Å²) in [4.78, 5) is 14.1. The molecule has 150 valence electrons. The molecule has 0 saturated carbocycles. The zero-order valence-electron chi connectivity index (χ0n) is 17.0. The van der Waals surface area contributed by atoms with E-state index >= 15 is 0 Å². The molecule has 0 radical (unpaired) electrons. The predicted octanol–water partition coefficient (Wildman–Crippen LogP) is 2.42. The molecule has 5 rings (SSSR count). The van der Waals surface area contributed by atoms with Crippen molar-refractivity contribution in [1.82, 2.24) is 9.88 Å². The lowest BCUT2D eigenvalue weighted by atomic mass is 10.0. The van der Waals surface area contributed by atoms with Crippen LogP contribution in [0.4, 0.5) is 17.1 Å². The van der Waals surface area contributed by atoms with Crippen LogP contribution in [-0.2, 0) is 0 Å². The van der Waals surface area contributed by atoms with Gasteiger partial charge in [0.25, 0.3) is 0 Å². The molecule has 1 aromatic carbocycles. The molecule has 0 amide bonds. The van der Waals surface area contributed by atoms with Crippen molar-refractivity contribution in [2.24, 2.45) is 5.92 Å². The fourth-order valence-electron chi connectivity index (χ4n) is 5.21. The number of nitriles is 1. The largest absolute Gasteiger partial charge is 0.368 e. The Labute approximate surface area is 173 Å². The minimum atomic E-state index is 0.473. The van der Waals surface area contributed by atoms with Gasteiger partial charge in [-0.05, 0) is 55.8 Å². The lowest BCUT2D eigenvalue weighted by Crippen LogP contribution is -2.46. The summed E-state index contributed by atoms with van der Waals surface area (Å²) in [7, 11) is 2.24. The molecule has 3 saturated heterocycles. The van der Waals surface area contributed by atoms with Gasteiger partial charge in [0.2, 0.25) is 0 Å². The van der Waals surface area contributed by atoms with Gasteiger partial charge in [0.15, 0.2) is 0 Å². The first-order chi connectivity index (χ1) is 14.2. The number of likely N-dealkylation sites (tertiary alicyclic amines) is 1. The fraction of sp³-hybridized carbons (Fsp3) is 0.478. The molecule has 4 heterocycles. The molecule has 0 spiro atoms. The normalized spacial score (nSPS) is 24.6. The summed E-state index contributed by atoms with van der Waals surface area (Å²) in [5, 5.41) is 8.91. The summed E-state index contributed by atoms with van der Waals surface area (Å²) in [6, 6.07) is 15.8. The SMILES string of the molecule is CN1C[C@H]2CCN(c3ccc(N4CCN(c5ccc(C#N)nc5)CC4)cc3)[C@H]2C1. The maximum Gasteiger partial charge on any atom is 0.140 e. The summed E-state index contributed by atoms with van der Waals surface area (Å²) in [5.74, 6) is 0.837. The van der Waals surface area contributed by atoms with E-state index in [2.05, 4.69) is 62.0 Å². The Morgan fingerprint density at radius 1 is 0.862 bits per heavy atom. The molecule has 2 atom stereocenters. The average molecular weight is 389 g/mol. The van der Waals surface area contributed by atoms with Crippen LogP contribution in [0.25, 0.3) is 0 Å². The average Bonchev–Trinajstić information content (AvgIpc) is 3.33. The first-order valence-corrected chi connectivity index (χ1v) is 10.6. The van der Waals surface area contributed by atoms with E-state index in [1.54, 1.807) is 6.07 Å². The van der Waals surface area contributed by atoms with E-state index < -0.39 is 0 Å². The number of fused-ring (bicyclic) bond motifs is 1. The van der Waals surface area contributed by atoms with Crippen LogP contribution in [0.1, 0.15) is 12.1 Å². The van der Waals surface area contributed by atoms with Gasteiger partial charge in [-0.25, -0.2) is 4.98 Å². The van der Waals surface area contributed by atoms with Gasteiger partial charge in [0.05, 0.1) is 11.9 Å². The number of aromatic nitrogens is 1. The molecule has 1 aromatic heterocycles. The standard InChI is InChI=1S/C23H28N6/c1-26-16-18-8-9-29(23(18)17-26)21-6-4-20(5-7-21)27-10-12-28(13-11-27)22-3-2-19(14-24)25-15-22/h2-7,15,18,23H,8-13,16-17H2,1H3/t18-,23+/m1/s1. The Balaban J connectivity index is 1.21. The molecule has 29 heavy (non-hydrogen) atoms. The second-order valence-electron chi connectivity index (χ2n) is 8.53. The smallest absolute Gasteiger partial charge is 0.140 e. The third kappa shape index (κ3) is 3.51. The van der Waals surface area contributed by atoms with Crippen molar-refractivity contribution in [3.63, 3.8) is 0 Å². The van der Waals surface area contributed by atoms with Crippen LogP contribution >= 0.6 is 0 Å². The minimum absolute atomic E-state index is 0.473. The van der Waals surface area contributed by atoms with E-state index in [0.29, 0.717) is 11.7 Å². The lowest BCUT2D eigenvalue weighted by molar-refractivity contribution is 0.386. The number of benzene rings is 1. The molecule has 6 heteroatoms.